The van der Waals surface area contributed by atoms with Gasteiger partial charge in [0.25, 0.3) is 5.91 Å². The lowest BCUT2D eigenvalue weighted by atomic mass is 9.82. The number of aliphatic hydroxyl groups is 1. The molecule has 3 saturated heterocycles. The van der Waals surface area contributed by atoms with Crippen LogP contribution in [0.25, 0.3) is 0 Å². The Morgan fingerprint density at radius 2 is 1.60 bits per heavy atom. The third-order valence-electron chi connectivity index (χ3n) is 11.1. The minimum absolute atomic E-state index is 0.0118. The topological polar surface area (TPSA) is 141 Å². The van der Waals surface area contributed by atoms with Crippen molar-refractivity contribution >= 4 is 43.1 Å². The van der Waals surface area contributed by atoms with Gasteiger partial charge in [-0.3, -0.25) is 19.1 Å². The summed E-state index contributed by atoms with van der Waals surface area (Å²) in [5.74, 6) is -0.309. The van der Waals surface area contributed by atoms with Gasteiger partial charge in [-0.25, -0.2) is 0 Å². The van der Waals surface area contributed by atoms with Crippen LogP contribution >= 0.6 is 0 Å². The Bertz CT molecular complexity index is 1760. The largest absolute Gasteiger partial charge is 0.432 e. The Morgan fingerprint density at radius 3 is 2.24 bits per heavy atom. The number of carbonyl (C=O) groups excluding carboxylic acids is 3. The van der Waals surface area contributed by atoms with Crippen LogP contribution in [0.1, 0.15) is 68.7 Å². The highest BCUT2D eigenvalue weighted by Crippen LogP contribution is 2.60. The minimum atomic E-state index is -2.89. The SMILES string of the molecule is C[C@@H]1[C@@H]([Si](C)(C)O)[C@H](CCn2cc(CCO)nn2)O[C@@]12C(=O)N(Cc1ccc(N3CCCCC3=O)cc1)c1ccc(N3CCCCC3=O)cc12. The van der Waals surface area contributed by atoms with E-state index in [1.54, 1.807) is 9.58 Å². The number of benzene rings is 2. The van der Waals surface area contributed by atoms with Crippen molar-refractivity contribution in [3.8, 4) is 0 Å². The molecule has 12 nitrogen and oxygen atoms in total. The van der Waals surface area contributed by atoms with E-state index in [1.165, 1.54) is 0 Å². The Labute approximate surface area is 294 Å². The molecule has 0 radical (unpaired) electrons. The molecule has 4 aliphatic heterocycles. The van der Waals surface area contributed by atoms with Crippen molar-refractivity contribution in [2.75, 3.05) is 34.4 Å². The molecular weight excluding hydrogens is 653 g/mol. The average Bonchev–Trinajstić information content (AvgIpc) is 3.74. The molecule has 0 unspecified atom stereocenters. The maximum absolute atomic E-state index is 15.0. The van der Waals surface area contributed by atoms with Gasteiger partial charge in [-0.05, 0) is 81.1 Å². The number of rotatable bonds is 10. The zero-order valence-corrected chi connectivity index (χ0v) is 30.3. The zero-order chi connectivity index (χ0) is 35.2. The Kier molecular flexibility index (Phi) is 9.44. The van der Waals surface area contributed by atoms with E-state index in [2.05, 4.69) is 10.3 Å². The van der Waals surface area contributed by atoms with Crippen molar-refractivity contribution in [1.82, 2.24) is 15.0 Å². The van der Waals surface area contributed by atoms with E-state index in [4.69, 9.17) is 4.74 Å². The maximum atomic E-state index is 15.0. The summed E-state index contributed by atoms with van der Waals surface area (Å²) in [4.78, 5) is 57.8. The third kappa shape index (κ3) is 6.18. The van der Waals surface area contributed by atoms with Crippen LogP contribution in [0.5, 0.6) is 0 Å². The van der Waals surface area contributed by atoms with Crippen molar-refractivity contribution in [2.24, 2.45) is 5.92 Å². The maximum Gasteiger partial charge on any atom is 0.264 e. The standard InChI is InChI=1S/C37H48N6O6Si/c1-25-35(50(2,3)48)32(16-20-40-24-27(17-21-44)38-39-40)49-37(25)30-22-29(42-19-7-5-9-34(42)46)14-15-31(30)43(36(37)47)23-26-10-12-28(13-11-26)41-18-6-4-8-33(41)45/h10-15,22,24-25,32,35,44,48H,4-9,16-21,23H2,1-3H3/t25-,32+,35-,37+/m1/s1. The summed E-state index contributed by atoms with van der Waals surface area (Å²) in [6, 6.07) is 13.7. The normalized spacial score (nSPS) is 25.7. The van der Waals surface area contributed by atoms with E-state index in [9.17, 15) is 19.5 Å². The summed E-state index contributed by atoms with van der Waals surface area (Å²) < 4.78 is 8.78. The van der Waals surface area contributed by atoms with Crippen molar-refractivity contribution in [2.45, 2.75) is 102 Å². The molecule has 1 spiro atoms. The van der Waals surface area contributed by atoms with Crippen LogP contribution in [-0.2, 0) is 44.2 Å². The molecule has 13 heteroatoms. The molecule has 4 aliphatic rings. The van der Waals surface area contributed by atoms with Crippen molar-refractivity contribution in [3.63, 3.8) is 0 Å². The minimum Gasteiger partial charge on any atom is -0.432 e. The highest BCUT2D eigenvalue weighted by molar-refractivity contribution is 6.71. The number of hydrogen-bond acceptors (Lipinski definition) is 8. The van der Waals surface area contributed by atoms with Gasteiger partial charge in [0.2, 0.25) is 11.8 Å². The zero-order valence-electron chi connectivity index (χ0n) is 29.3. The summed E-state index contributed by atoms with van der Waals surface area (Å²) >= 11 is 0. The summed E-state index contributed by atoms with van der Waals surface area (Å²) in [5, 5.41) is 17.7. The number of ether oxygens (including phenoxy) is 1. The monoisotopic (exact) mass is 700 g/mol. The Hall–Kier alpha value is -3.91. The molecule has 0 bridgehead atoms. The van der Waals surface area contributed by atoms with Crippen LogP contribution in [0.4, 0.5) is 17.1 Å². The van der Waals surface area contributed by atoms with Crippen LogP contribution < -0.4 is 14.7 Å². The van der Waals surface area contributed by atoms with E-state index >= 15 is 4.79 Å². The molecule has 3 amide bonds. The second-order valence-electron chi connectivity index (χ2n) is 14.9. The van der Waals surface area contributed by atoms with Crippen molar-refractivity contribution in [3.05, 3.63) is 65.5 Å². The molecule has 2 aromatic carbocycles. The fraction of sp³-hybridized carbons (Fsp3) is 0.541. The van der Waals surface area contributed by atoms with Gasteiger partial charge >= 0.3 is 0 Å². The summed E-state index contributed by atoms with van der Waals surface area (Å²) in [6.07, 6.45) is 7.06. The lowest BCUT2D eigenvalue weighted by Crippen LogP contribution is -2.46. The van der Waals surface area contributed by atoms with Crippen molar-refractivity contribution < 1.29 is 29.0 Å². The number of carbonyl (C=O) groups is 3. The van der Waals surface area contributed by atoms with E-state index < -0.39 is 20.0 Å². The highest BCUT2D eigenvalue weighted by Gasteiger charge is 2.66. The van der Waals surface area contributed by atoms with Gasteiger partial charge < -0.3 is 29.3 Å². The predicted molar refractivity (Wildman–Crippen MR) is 191 cm³/mol. The molecule has 3 aromatic rings. The number of anilines is 3. The predicted octanol–water partition coefficient (Wildman–Crippen LogP) is 4.28. The molecule has 3 fully saturated rings. The summed E-state index contributed by atoms with van der Waals surface area (Å²) in [5.41, 5.74) is 3.11. The molecule has 50 heavy (non-hydrogen) atoms. The Balaban J connectivity index is 1.24. The number of aromatic nitrogens is 3. The second kappa shape index (κ2) is 13.7. The quantitative estimate of drug-likeness (QED) is 0.299. The van der Waals surface area contributed by atoms with Crippen LogP contribution in [0.15, 0.2) is 48.7 Å². The van der Waals surface area contributed by atoms with Crippen LogP contribution in [0, 0.1) is 5.92 Å². The lowest BCUT2D eigenvalue weighted by Gasteiger charge is -2.33. The number of piperidine rings is 2. The molecule has 0 saturated carbocycles. The average molecular weight is 701 g/mol. The molecular formula is C37H48N6O6Si. The van der Waals surface area contributed by atoms with Crippen LogP contribution in [0.2, 0.25) is 18.6 Å². The van der Waals surface area contributed by atoms with Gasteiger partial charge in [0, 0.05) is 80.1 Å². The van der Waals surface area contributed by atoms with E-state index in [0.717, 1.165) is 53.9 Å². The van der Waals surface area contributed by atoms with E-state index in [1.807, 2.05) is 78.5 Å². The number of aryl methyl sites for hydroxylation is 1. The molecule has 5 heterocycles. The number of nitrogens with zero attached hydrogens (tertiary/aromatic N) is 6. The number of fused-ring (bicyclic) bond motifs is 2. The highest BCUT2D eigenvalue weighted by atomic mass is 28.4. The first-order chi connectivity index (χ1) is 24.0. The van der Waals surface area contributed by atoms with Gasteiger partial charge in [0.05, 0.1) is 24.0 Å². The first kappa shape index (κ1) is 34.5. The fourth-order valence-corrected chi connectivity index (χ4v) is 11.3. The summed E-state index contributed by atoms with van der Waals surface area (Å²) in [7, 11) is -2.89. The molecule has 266 valence electrons. The first-order valence-corrected chi connectivity index (χ1v) is 21.1. The van der Waals surface area contributed by atoms with Gasteiger partial charge in [0.1, 0.15) is 0 Å². The third-order valence-corrected chi connectivity index (χ3v) is 13.6. The number of hydrogen-bond donors (Lipinski definition) is 2. The molecule has 0 aliphatic carbocycles. The van der Waals surface area contributed by atoms with E-state index in [0.29, 0.717) is 57.6 Å². The smallest absolute Gasteiger partial charge is 0.264 e. The fourth-order valence-electron chi connectivity index (χ4n) is 8.72. The molecule has 2 N–H and O–H groups in total. The lowest BCUT2D eigenvalue weighted by molar-refractivity contribution is -0.146. The number of amides is 3. The van der Waals surface area contributed by atoms with Gasteiger partial charge in [0.15, 0.2) is 13.9 Å². The second-order valence-corrected chi connectivity index (χ2v) is 18.8. The van der Waals surface area contributed by atoms with Gasteiger partial charge in [-0.2, -0.15) is 0 Å². The number of aliphatic hydroxyl groups excluding tert-OH is 1. The Morgan fingerprint density at radius 1 is 0.940 bits per heavy atom. The van der Waals surface area contributed by atoms with Gasteiger partial charge in [-0.15, -0.1) is 5.10 Å². The summed E-state index contributed by atoms with van der Waals surface area (Å²) in [6.45, 7) is 7.96. The van der Waals surface area contributed by atoms with Crippen LogP contribution in [0.3, 0.4) is 0 Å². The van der Waals surface area contributed by atoms with E-state index in [-0.39, 0.29) is 35.8 Å². The van der Waals surface area contributed by atoms with Crippen LogP contribution in [-0.4, -0.2) is 76.7 Å². The first-order valence-electron chi connectivity index (χ1n) is 18.1. The molecule has 7 rings (SSSR count). The van der Waals surface area contributed by atoms with Gasteiger partial charge in [-0.1, -0.05) is 24.3 Å². The molecule has 4 atom stereocenters. The van der Waals surface area contributed by atoms with Crippen molar-refractivity contribution in [1.29, 1.82) is 0 Å². The molecule has 1 aromatic heterocycles.